The number of aromatic nitrogens is 1. The Balaban J connectivity index is 2.27. The van der Waals surface area contributed by atoms with Crippen molar-refractivity contribution in [2.45, 2.75) is 13.0 Å². The van der Waals surface area contributed by atoms with Crippen LogP contribution in [0.3, 0.4) is 0 Å². The first kappa shape index (κ1) is 14.8. The van der Waals surface area contributed by atoms with Crippen LogP contribution in [0.4, 0.5) is 0 Å². The van der Waals surface area contributed by atoms with Gasteiger partial charge in [-0.3, -0.25) is 4.98 Å². The highest BCUT2D eigenvalue weighted by atomic mass is 16.5. The molecule has 5 nitrogen and oxygen atoms in total. The highest BCUT2D eigenvalue weighted by Gasteiger charge is 2.14. The number of hydrogen-bond donors (Lipinski definition) is 0. The molecule has 2 rings (SSSR count). The summed E-state index contributed by atoms with van der Waals surface area (Å²) in [6.07, 6.45) is 3.21. The molecule has 0 N–H and O–H groups in total. The standard InChI is InChI=1S/C16H17NO4/c1-11(12-6-8-17-9-7-12)21-15-10-13(16(18)20-3)4-5-14(15)19-2/h4-11H,1-3H3. The summed E-state index contributed by atoms with van der Waals surface area (Å²) in [6.45, 7) is 1.92. The third-order valence-electron chi connectivity index (χ3n) is 3.06. The molecule has 0 aliphatic carbocycles. The van der Waals surface area contributed by atoms with Gasteiger partial charge in [-0.25, -0.2) is 4.79 Å². The fraction of sp³-hybridized carbons (Fsp3) is 0.250. The molecule has 0 radical (unpaired) electrons. The van der Waals surface area contributed by atoms with Gasteiger partial charge in [-0.05, 0) is 42.8 Å². The van der Waals surface area contributed by atoms with Gasteiger partial charge < -0.3 is 14.2 Å². The summed E-state index contributed by atoms with van der Waals surface area (Å²) in [6, 6.07) is 8.68. The average molecular weight is 287 g/mol. The number of carbonyl (C=O) groups is 1. The molecule has 2 aromatic rings. The average Bonchev–Trinajstić information content (AvgIpc) is 2.54. The summed E-state index contributed by atoms with van der Waals surface area (Å²) < 4.78 is 15.9. The maximum absolute atomic E-state index is 11.6. The van der Waals surface area contributed by atoms with Crippen molar-refractivity contribution < 1.29 is 19.0 Å². The summed E-state index contributed by atoms with van der Waals surface area (Å²) in [4.78, 5) is 15.6. The zero-order valence-electron chi connectivity index (χ0n) is 12.2. The lowest BCUT2D eigenvalue weighted by atomic mass is 10.1. The van der Waals surface area contributed by atoms with Crippen molar-refractivity contribution >= 4 is 5.97 Å². The molecule has 1 unspecified atom stereocenters. The maximum atomic E-state index is 11.6. The Morgan fingerprint density at radius 3 is 2.43 bits per heavy atom. The van der Waals surface area contributed by atoms with Gasteiger partial charge in [0.1, 0.15) is 6.10 Å². The zero-order chi connectivity index (χ0) is 15.2. The molecular formula is C16H17NO4. The maximum Gasteiger partial charge on any atom is 0.337 e. The van der Waals surface area contributed by atoms with Crippen molar-refractivity contribution in [3.8, 4) is 11.5 Å². The third-order valence-corrected chi connectivity index (χ3v) is 3.06. The van der Waals surface area contributed by atoms with Gasteiger partial charge in [0.05, 0.1) is 19.8 Å². The summed E-state index contributed by atoms with van der Waals surface area (Å²) in [7, 11) is 2.89. The van der Waals surface area contributed by atoms with Gasteiger partial charge >= 0.3 is 5.97 Å². The molecule has 1 aromatic heterocycles. The van der Waals surface area contributed by atoms with E-state index in [4.69, 9.17) is 14.2 Å². The predicted octanol–water partition coefficient (Wildman–Crippen LogP) is 3.02. The van der Waals surface area contributed by atoms with Crippen molar-refractivity contribution in [3.63, 3.8) is 0 Å². The van der Waals surface area contributed by atoms with E-state index < -0.39 is 5.97 Å². The molecule has 5 heteroatoms. The summed E-state index contributed by atoms with van der Waals surface area (Å²) in [5.74, 6) is 0.632. The fourth-order valence-corrected chi connectivity index (χ4v) is 1.91. The number of nitrogens with zero attached hydrogens (tertiary/aromatic N) is 1. The minimum absolute atomic E-state index is 0.199. The number of benzene rings is 1. The van der Waals surface area contributed by atoms with Gasteiger partial charge in [-0.2, -0.15) is 0 Å². The Morgan fingerprint density at radius 1 is 1.10 bits per heavy atom. The van der Waals surface area contributed by atoms with Crippen LogP contribution < -0.4 is 9.47 Å². The minimum Gasteiger partial charge on any atom is -0.493 e. The lowest BCUT2D eigenvalue weighted by Gasteiger charge is -2.17. The van der Waals surface area contributed by atoms with E-state index in [0.717, 1.165) is 5.56 Å². The van der Waals surface area contributed by atoms with Crippen molar-refractivity contribution in [3.05, 3.63) is 53.9 Å². The first-order valence-corrected chi connectivity index (χ1v) is 6.48. The Labute approximate surface area is 123 Å². The largest absolute Gasteiger partial charge is 0.493 e. The summed E-state index contributed by atoms with van der Waals surface area (Å²) in [5.41, 5.74) is 1.39. The summed E-state index contributed by atoms with van der Waals surface area (Å²) >= 11 is 0. The van der Waals surface area contributed by atoms with E-state index in [1.165, 1.54) is 7.11 Å². The molecule has 0 bridgehead atoms. The number of esters is 1. The van der Waals surface area contributed by atoms with Crippen LogP contribution in [0.2, 0.25) is 0 Å². The third kappa shape index (κ3) is 3.51. The van der Waals surface area contributed by atoms with Crippen molar-refractivity contribution in [2.75, 3.05) is 14.2 Å². The van der Waals surface area contributed by atoms with E-state index in [-0.39, 0.29) is 6.10 Å². The molecular weight excluding hydrogens is 270 g/mol. The number of ether oxygens (including phenoxy) is 3. The zero-order valence-corrected chi connectivity index (χ0v) is 12.2. The van der Waals surface area contributed by atoms with Gasteiger partial charge in [-0.15, -0.1) is 0 Å². The second-order valence-electron chi connectivity index (χ2n) is 4.40. The molecule has 110 valence electrons. The van der Waals surface area contributed by atoms with Crippen LogP contribution >= 0.6 is 0 Å². The van der Waals surface area contributed by atoms with E-state index in [1.807, 2.05) is 19.1 Å². The number of methoxy groups -OCH3 is 2. The number of hydrogen-bond acceptors (Lipinski definition) is 5. The Morgan fingerprint density at radius 2 is 1.81 bits per heavy atom. The normalized spacial score (nSPS) is 11.6. The predicted molar refractivity (Wildman–Crippen MR) is 77.6 cm³/mol. The SMILES string of the molecule is COC(=O)c1ccc(OC)c(OC(C)c2ccncc2)c1. The molecule has 0 aliphatic heterocycles. The Kier molecular flexibility index (Phi) is 4.77. The van der Waals surface area contributed by atoms with Crippen molar-refractivity contribution in [1.29, 1.82) is 0 Å². The van der Waals surface area contributed by atoms with Gasteiger partial charge in [0.15, 0.2) is 11.5 Å². The molecule has 0 spiro atoms. The molecule has 0 fully saturated rings. The van der Waals surface area contributed by atoms with E-state index >= 15 is 0 Å². The van der Waals surface area contributed by atoms with Crippen LogP contribution in [0.1, 0.15) is 28.9 Å². The van der Waals surface area contributed by atoms with Crippen LogP contribution in [-0.2, 0) is 4.74 Å². The molecule has 0 aliphatic rings. The molecule has 0 saturated carbocycles. The summed E-state index contributed by atoms with van der Waals surface area (Å²) in [5, 5.41) is 0. The Bertz CT molecular complexity index is 613. The minimum atomic E-state index is -0.418. The first-order chi connectivity index (χ1) is 10.2. The lowest BCUT2D eigenvalue weighted by molar-refractivity contribution is 0.0600. The molecule has 0 saturated heterocycles. The topological polar surface area (TPSA) is 57.7 Å². The van der Waals surface area contributed by atoms with Crippen LogP contribution in [0.25, 0.3) is 0 Å². The van der Waals surface area contributed by atoms with E-state index in [9.17, 15) is 4.79 Å². The van der Waals surface area contributed by atoms with Crippen LogP contribution in [-0.4, -0.2) is 25.2 Å². The highest BCUT2D eigenvalue weighted by Crippen LogP contribution is 2.32. The van der Waals surface area contributed by atoms with Crippen molar-refractivity contribution in [1.82, 2.24) is 4.98 Å². The number of carbonyl (C=O) groups excluding carboxylic acids is 1. The monoisotopic (exact) mass is 287 g/mol. The number of pyridine rings is 1. The smallest absolute Gasteiger partial charge is 0.337 e. The van der Waals surface area contributed by atoms with Crippen LogP contribution in [0, 0.1) is 0 Å². The first-order valence-electron chi connectivity index (χ1n) is 6.48. The fourth-order valence-electron chi connectivity index (χ4n) is 1.91. The van der Waals surface area contributed by atoms with Crippen molar-refractivity contribution in [2.24, 2.45) is 0 Å². The quantitative estimate of drug-likeness (QED) is 0.791. The lowest BCUT2D eigenvalue weighted by Crippen LogP contribution is -2.06. The van der Waals surface area contributed by atoms with Crippen LogP contribution in [0.15, 0.2) is 42.7 Å². The van der Waals surface area contributed by atoms with Crippen LogP contribution in [0.5, 0.6) is 11.5 Å². The van der Waals surface area contributed by atoms with E-state index in [1.54, 1.807) is 37.7 Å². The Hall–Kier alpha value is -2.56. The molecule has 1 aromatic carbocycles. The van der Waals surface area contributed by atoms with Gasteiger partial charge in [-0.1, -0.05) is 0 Å². The van der Waals surface area contributed by atoms with Gasteiger partial charge in [0.2, 0.25) is 0 Å². The second-order valence-corrected chi connectivity index (χ2v) is 4.40. The molecule has 1 heterocycles. The van der Waals surface area contributed by atoms with Gasteiger partial charge in [0, 0.05) is 12.4 Å². The molecule has 0 amide bonds. The van der Waals surface area contributed by atoms with E-state index in [2.05, 4.69) is 4.98 Å². The van der Waals surface area contributed by atoms with Gasteiger partial charge in [0.25, 0.3) is 0 Å². The molecule has 21 heavy (non-hydrogen) atoms. The van der Waals surface area contributed by atoms with E-state index in [0.29, 0.717) is 17.1 Å². The second kappa shape index (κ2) is 6.74. The molecule has 1 atom stereocenters. The highest BCUT2D eigenvalue weighted by molar-refractivity contribution is 5.90. The number of rotatable bonds is 5.